The van der Waals surface area contributed by atoms with Crippen molar-refractivity contribution in [1.29, 1.82) is 0 Å². The van der Waals surface area contributed by atoms with Crippen molar-refractivity contribution in [2.24, 2.45) is 5.92 Å². The zero-order valence-electron chi connectivity index (χ0n) is 12.5. The number of amides is 1. The summed E-state index contributed by atoms with van der Waals surface area (Å²) < 4.78 is 0. The van der Waals surface area contributed by atoms with E-state index in [1.807, 2.05) is 0 Å². The minimum Gasteiger partial charge on any atom is -0.342 e. The maximum absolute atomic E-state index is 12.1. The fourth-order valence-corrected chi connectivity index (χ4v) is 3.44. The lowest BCUT2D eigenvalue weighted by atomic mass is 10.00. The Kier molecular flexibility index (Phi) is 6.15. The van der Waals surface area contributed by atoms with E-state index in [2.05, 4.69) is 17.1 Å². The molecule has 1 unspecified atom stereocenters. The first-order chi connectivity index (χ1) is 9.25. The number of hydrogen-bond donors (Lipinski definition) is 1. The quantitative estimate of drug-likeness (QED) is 0.794. The summed E-state index contributed by atoms with van der Waals surface area (Å²) in [6, 6.07) is 0.663. The predicted octanol–water partition coefficient (Wildman–Crippen LogP) is 2.95. The molecule has 0 radical (unpaired) electrons. The second-order valence-corrected chi connectivity index (χ2v) is 6.48. The van der Waals surface area contributed by atoms with Crippen molar-refractivity contribution >= 4 is 5.91 Å². The van der Waals surface area contributed by atoms with Crippen LogP contribution < -0.4 is 5.32 Å². The zero-order valence-corrected chi connectivity index (χ0v) is 12.5. The van der Waals surface area contributed by atoms with E-state index in [1.54, 1.807) is 0 Å². The molecule has 2 rings (SSSR count). The number of carbonyl (C=O) groups excluding carboxylic acids is 1. The molecule has 2 fully saturated rings. The first-order valence-electron chi connectivity index (χ1n) is 8.27. The molecular weight excluding hydrogens is 236 g/mol. The Morgan fingerprint density at radius 2 is 1.84 bits per heavy atom. The first-order valence-corrected chi connectivity index (χ1v) is 8.27. The molecule has 0 bridgehead atoms. The number of nitrogens with one attached hydrogen (secondary N) is 1. The molecule has 19 heavy (non-hydrogen) atoms. The van der Waals surface area contributed by atoms with Gasteiger partial charge in [-0.3, -0.25) is 4.79 Å². The van der Waals surface area contributed by atoms with Gasteiger partial charge in [-0.05, 0) is 31.6 Å². The van der Waals surface area contributed by atoms with Crippen molar-refractivity contribution in [2.45, 2.75) is 70.8 Å². The van der Waals surface area contributed by atoms with Crippen LogP contribution in [0.2, 0.25) is 0 Å². The Bertz CT molecular complexity index is 272. The van der Waals surface area contributed by atoms with Crippen LogP contribution in [0.3, 0.4) is 0 Å². The monoisotopic (exact) mass is 266 g/mol. The van der Waals surface area contributed by atoms with Crippen molar-refractivity contribution in [2.75, 3.05) is 19.6 Å². The fourth-order valence-electron chi connectivity index (χ4n) is 3.44. The molecule has 1 amide bonds. The number of piperidine rings is 1. The molecule has 0 aromatic carbocycles. The highest BCUT2D eigenvalue weighted by Crippen LogP contribution is 2.18. The highest BCUT2D eigenvalue weighted by atomic mass is 16.2. The van der Waals surface area contributed by atoms with Crippen LogP contribution in [0.1, 0.15) is 64.7 Å². The van der Waals surface area contributed by atoms with Gasteiger partial charge < -0.3 is 10.2 Å². The molecule has 1 saturated carbocycles. The third kappa shape index (κ3) is 5.13. The summed E-state index contributed by atoms with van der Waals surface area (Å²) in [6.45, 7) is 5.08. The fraction of sp³-hybridized carbons (Fsp3) is 0.938. The van der Waals surface area contributed by atoms with Crippen molar-refractivity contribution in [3.63, 3.8) is 0 Å². The maximum atomic E-state index is 12.1. The van der Waals surface area contributed by atoms with E-state index >= 15 is 0 Å². The molecule has 110 valence electrons. The smallest absolute Gasteiger partial charge is 0.223 e. The average molecular weight is 266 g/mol. The summed E-state index contributed by atoms with van der Waals surface area (Å²) in [7, 11) is 0. The van der Waals surface area contributed by atoms with Gasteiger partial charge in [-0.1, -0.05) is 32.6 Å². The normalized spacial score (nSPS) is 26.2. The Morgan fingerprint density at radius 1 is 1.11 bits per heavy atom. The van der Waals surface area contributed by atoms with Crippen LogP contribution >= 0.6 is 0 Å². The Labute approximate surface area is 118 Å². The molecule has 1 saturated heterocycles. The summed E-state index contributed by atoms with van der Waals surface area (Å²) >= 11 is 0. The third-order valence-corrected chi connectivity index (χ3v) is 4.64. The van der Waals surface area contributed by atoms with Gasteiger partial charge in [0.25, 0.3) is 0 Å². The molecule has 1 atom stereocenters. The van der Waals surface area contributed by atoms with Crippen molar-refractivity contribution < 1.29 is 4.79 Å². The van der Waals surface area contributed by atoms with E-state index in [-0.39, 0.29) is 0 Å². The minimum absolute atomic E-state index is 0.354. The number of carbonyl (C=O) groups is 1. The Morgan fingerprint density at radius 3 is 2.53 bits per heavy atom. The first kappa shape index (κ1) is 14.8. The summed E-state index contributed by atoms with van der Waals surface area (Å²) in [4.78, 5) is 14.2. The summed E-state index contributed by atoms with van der Waals surface area (Å²) in [6.07, 6.45) is 11.2. The highest BCUT2D eigenvalue weighted by molar-refractivity contribution is 5.76. The summed E-state index contributed by atoms with van der Waals surface area (Å²) in [5, 5.41) is 3.60. The molecule has 3 heteroatoms. The molecule has 1 N–H and O–H groups in total. The lowest BCUT2D eigenvalue weighted by molar-refractivity contribution is -0.132. The van der Waals surface area contributed by atoms with Crippen LogP contribution in [0.15, 0.2) is 0 Å². The molecule has 0 aromatic heterocycles. The molecule has 3 nitrogen and oxygen atoms in total. The van der Waals surface area contributed by atoms with Gasteiger partial charge in [-0.2, -0.15) is 0 Å². The molecule has 0 aromatic rings. The van der Waals surface area contributed by atoms with E-state index in [1.165, 1.54) is 51.4 Å². The van der Waals surface area contributed by atoms with Crippen LogP contribution in [0.5, 0.6) is 0 Å². The topological polar surface area (TPSA) is 32.3 Å². The van der Waals surface area contributed by atoms with Crippen LogP contribution in [0, 0.1) is 5.92 Å². The van der Waals surface area contributed by atoms with Crippen molar-refractivity contribution in [1.82, 2.24) is 10.2 Å². The standard InChI is InChI=1S/C16H30N2O/c1-14-7-6-12-18(13-14)16(19)10-11-17-15-8-4-2-3-5-9-15/h14-15,17H,2-13H2,1H3. The number of hydrogen-bond acceptors (Lipinski definition) is 2. The number of nitrogens with zero attached hydrogens (tertiary/aromatic N) is 1. The molecule has 1 heterocycles. The molecular formula is C16H30N2O. The van der Waals surface area contributed by atoms with E-state index in [0.29, 0.717) is 24.3 Å². The van der Waals surface area contributed by atoms with Gasteiger partial charge in [-0.15, -0.1) is 0 Å². The SMILES string of the molecule is CC1CCCN(C(=O)CCNC2CCCCCC2)C1. The zero-order chi connectivity index (χ0) is 13.5. The number of rotatable bonds is 4. The van der Waals surface area contributed by atoms with Gasteiger partial charge >= 0.3 is 0 Å². The Hall–Kier alpha value is -0.570. The van der Waals surface area contributed by atoms with E-state index in [4.69, 9.17) is 0 Å². The minimum atomic E-state index is 0.354. The lowest BCUT2D eigenvalue weighted by Crippen LogP contribution is -2.41. The highest BCUT2D eigenvalue weighted by Gasteiger charge is 2.20. The van der Waals surface area contributed by atoms with Gasteiger partial charge in [0.15, 0.2) is 0 Å². The van der Waals surface area contributed by atoms with Gasteiger partial charge in [0.2, 0.25) is 5.91 Å². The molecule has 0 spiro atoms. The van der Waals surface area contributed by atoms with Gasteiger partial charge in [-0.25, -0.2) is 0 Å². The lowest BCUT2D eigenvalue weighted by Gasteiger charge is -2.31. The molecule has 1 aliphatic heterocycles. The molecule has 1 aliphatic carbocycles. The maximum Gasteiger partial charge on any atom is 0.223 e. The van der Waals surface area contributed by atoms with Crippen molar-refractivity contribution in [3.8, 4) is 0 Å². The second-order valence-electron chi connectivity index (χ2n) is 6.48. The average Bonchev–Trinajstić information content (AvgIpc) is 2.67. The predicted molar refractivity (Wildman–Crippen MR) is 79.1 cm³/mol. The van der Waals surface area contributed by atoms with E-state index in [0.717, 1.165) is 19.6 Å². The van der Waals surface area contributed by atoms with E-state index < -0.39 is 0 Å². The van der Waals surface area contributed by atoms with Crippen LogP contribution in [0.4, 0.5) is 0 Å². The number of likely N-dealkylation sites (tertiary alicyclic amines) is 1. The largest absolute Gasteiger partial charge is 0.342 e. The van der Waals surface area contributed by atoms with Gasteiger partial charge in [0, 0.05) is 32.1 Å². The van der Waals surface area contributed by atoms with Crippen LogP contribution in [-0.4, -0.2) is 36.5 Å². The summed E-state index contributed by atoms with van der Waals surface area (Å²) in [5.41, 5.74) is 0. The second kappa shape index (κ2) is 7.88. The van der Waals surface area contributed by atoms with E-state index in [9.17, 15) is 4.79 Å². The van der Waals surface area contributed by atoms with Crippen LogP contribution in [-0.2, 0) is 4.79 Å². The van der Waals surface area contributed by atoms with Crippen molar-refractivity contribution in [3.05, 3.63) is 0 Å². The summed E-state index contributed by atoms with van der Waals surface area (Å²) in [5.74, 6) is 1.04. The Balaban J connectivity index is 1.62. The third-order valence-electron chi connectivity index (χ3n) is 4.64. The van der Waals surface area contributed by atoms with Crippen LogP contribution in [0.25, 0.3) is 0 Å². The molecule has 2 aliphatic rings. The van der Waals surface area contributed by atoms with Gasteiger partial charge in [0.05, 0.1) is 0 Å². The van der Waals surface area contributed by atoms with Gasteiger partial charge in [0.1, 0.15) is 0 Å².